The van der Waals surface area contributed by atoms with Gasteiger partial charge in [0.05, 0.1) is 5.75 Å². The zero-order valence-electron chi connectivity index (χ0n) is 13.0. The van der Waals surface area contributed by atoms with E-state index in [1.807, 2.05) is 26.0 Å². The fourth-order valence-corrected chi connectivity index (χ4v) is 3.40. The molecule has 0 spiro atoms. The molecule has 0 saturated carbocycles. The number of aryl methyl sites for hydroxylation is 2. The van der Waals surface area contributed by atoms with E-state index in [1.165, 1.54) is 18.2 Å². The van der Waals surface area contributed by atoms with E-state index >= 15 is 0 Å². The molecule has 0 radical (unpaired) electrons. The molecule has 1 N–H and O–H groups in total. The highest BCUT2D eigenvalue weighted by Crippen LogP contribution is 2.17. The minimum absolute atomic E-state index is 0.233. The second-order valence-corrected chi connectivity index (χ2v) is 7.42. The standard InChI is InChI=1S/C17H18FNO3S/c1-12-7-8-14(11-13(12)2)19-17(20)9-10-23(21,22)16-6-4-3-5-15(16)18/h3-8,11H,9-10H2,1-2H3,(H,19,20). The Kier molecular flexibility index (Phi) is 5.15. The molecule has 0 heterocycles. The number of anilines is 1. The van der Waals surface area contributed by atoms with Gasteiger partial charge in [0, 0.05) is 12.1 Å². The molecule has 0 atom stereocenters. The number of carbonyl (C=O) groups is 1. The Balaban J connectivity index is 2.01. The maximum Gasteiger partial charge on any atom is 0.225 e. The first-order valence-electron chi connectivity index (χ1n) is 7.14. The lowest BCUT2D eigenvalue weighted by molar-refractivity contribution is -0.115. The molecule has 122 valence electrons. The molecular weight excluding hydrogens is 317 g/mol. The van der Waals surface area contributed by atoms with Crippen molar-refractivity contribution in [3.63, 3.8) is 0 Å². The van der Waals surface area contributed by atoms with Gasteiger partial charge in [0.25, 0.3) is 0 Å². The Morgan fingerprint density at radius 3 is 2.43 bits per heavy atom. The molecule has 0 unspecified atom stereocenters. The molecule has 2 aromatic carbocycles. The van der Waals surface area contributed by atoms with E-state index in [4.69, 9.17) is 0 Å². The highest BCUT2D eigenvalue weighted by molar-refractivity contribution is 7.91. The highest BCUT2D eigenvalue weighted by atomic mass is 32.2. The number of benzene rings is 2. The fourth-order valence-electron chi connectivity index (χ4n) is 2.08. The quantitative estimate of drug-likeness (QED) is 0.912. The lowest BCUT2D eigenvalue weighted by Gasteiger charge is -2.08. The summed E-state index contributed by atoms with van der Waals surface area (Å²) in [6, 6.07) is 10.6. The van der Waals surface area contributed by atoms with Crippen molar-refractivity contribution in [2.24, 2.45) is 0 Å². The average Bonchev–Trinajstić information content (AvgIpc) is 2.49. The molecule has 0 bridgehead atoms. The molecule has 0 aliphatic carbocycles. The Hall–Kier alpha value is -2.21. The van der Waals surface area contributed by atoms with Gasteiger partial charge < -0.3 is 5.32 Å². The molecule has 23 heavy (non-hydrogen) atoms. The summed E-state index contributed by atoms with van der Waals surface area (Å²) in [5.74, 6) is -1.67. The fraction of sp³-hybridized carbons (Fsp3) is 0.235. The molecule has 1 amide bonds. The predicted octanol–water partition coefficient (Wildman–Crippen LogP) is 3.25. The molecule has 0 aliphatic rings. The molecule has 0 fully saturated rings. The molecule has 0 aromatic heterocycles. The van der Waals surface area contributed by atoms with E-state index in [0.717, 1.165) is 17.2 Å². The van der Waals surface area contributed by atoms with Crippen LogP contribution in [0.3, 0.4) is 0 Å². The zero-order valence-corrected chi connectivity index (χ0v) is 13.8. The number of hydrogen-bond donors (Lipinski definition) is 1. The van der Waals surface area contributed by atoms with Gasteiger partial charge in [-0.1, -0.05) is 18.2 Å². The minimum atomic E-state index is -3.83. The number of hydrogen-bond acceptors (Lipinski definition) is 3. The van der Waals surface area contributed by atoms with Crippen LogP contribution in [0.1, 0.15) is 17.5 Å². The first-order valence-corrected chi connectivity index (χ1v) is 8.79. The predicted molar refractivity (Wildman–Crippen MR) is 87.6 cm³/mol. The average molecular weight is 335 g/mol. The van der Waals surface area contributed by atoms with Crippen LogP contribution in [-0.4, -0.2) is 20.1 Å². The molecule has 0 saturated heterocycles. The Bertz CT molecular complexity index is 831. The van der Waals surface area contributed by atoms with Crippen molar-refractivity contribution in [2.75, 3.05) is 11.1 Å². The summed E-state index contributed by atoms with van der Waals surface area (Å²) in [4.78, 5) is 11.5. The van der Waals surface area contributed by atoms with E-state index in [-0.39, 0.29) is 11.3 Å². The summed E-state index contributed by atoms with van der Waals surface area (Å²) >= 11 is 0. The summed E-state index contributed by atoms with van der Waals surface area (Å²) in [6.45, 7) is 3.88. The summed E-state index contributed by atoms with van der Waals surface area (Å²) in [5, 5.41) is 2.65. The smallest absolute Gasteiger partial charge is 0.225 e. The van der Waals surface area contributed by atoms with Crippen molar-refractivity contribution in [3.05, 3.63) is 59.4 Å². The number of sulfone groups is 1. The van der Waals surface area contributed by atoms with Crippen molar-refractivity contribution < 1.29 is 17.6 Å². The van der Waals surface area contributed by atoms with E-state index in [2.05, 4.69) is 5.32 Å². The monoisotopic (exact) mass is 335 g/mol. The number of carbonyl (C=O) groups excluding carboxylic acids is 1. The number of amides is 1. The third-order valence-corrected chi connectivity index (χ3v) is 5.30. The van der Waals surface area contributed by atoms with Crippen LogP contribution in [0.25, 0.3) is 0 Å². The zero-order chi connectivity index (χ0) is 17.0. The van der Waals surface area contributed by atoms with Crippen LogP contribution < -0.4 is 5.32 Å². The topological polar surface area (TPSA) is 63.2 Å². The number of rotatable bonds is 5. The third-order valence-electron chi connectivity index (χ3n) is 3.56. The molecule has 0 aliphatic heterocycles. The summed E-state index contributed by atoms with van der Waals surface area (Å²) < 4.78 is 37.7. The third kappa shape index (κ3) is 4.39. The minimum Gasteiger partial charge on any atom is -0.326 e. The van der Waals surface area contributed by atoms with Gasteiger partial charge in [-0.15, -0.1) is 0 Å². The molecule has 2 rings (SSSR count). The van der Waals surface area contributed by atoms with Gasteiger partial charge >= 0.3 is 0 Å². The van der Waals surface area contributed by atoms with Gasteiger partial charge in [-0.25, -0.2) is 12.8 Å². The van der Waals surface area contributed by atoms with E-state index in [9.17, 15) is 17.6 Å². The summed E-state index contributed by atoms with van der Waals surface area (Å²) in [6.07, 6.45) is -0.233. The van der Waals surface area contributed by atoms with Crippen molar-refractivity contribution in [1.82, 2.24) is 0 Å². The van der Waals surface area contributed by atoms with Gasteiger partial charge in [-0.3, -0.25) is 4.79 Å². The SMILES string of the molecule is Cc1ccc(NC(=O)CCS(=O)(=O)c2ccccc2F)cc1C. The van der Waals surface area contributed by atoms with Crippen LogP contribution in [0.15, 0.2) is 47.4 Å². The van der Waals surface area contributed by atoms with Crippen molar-refractivity contribution in [3.8, 4) is 0 Å². The molecule has 2 aromatic rings. The second-order valence-electron chi connectivity index (χ2n) is 5.35. The Morgan fingerprint density at radius 2 is 1.78 bits per heavy atom. The van der Waals surface area contributed by atoms with Crippen molar-refractivity contribution in [1.29, 1.82) is 0 Å². The van der Waals surface area contributed by atoms with Crippen molar-refractivity contribution >= 4 is 21.4 Å². The normalized spacial score (nSPS) is 11.3. The van der Waals surface area contributed by atoms with Crippen LogP contribution in [0.4, 0.5) is 10.1 Å². The first-order chi connectivity index (χ1) is 10.8. The largest absolute Gasteiger partial charge is 0.326 e. The number of nitrogens with one attached hydrogen (secondary N) is 1. The Labute approximate surface area is 135 Å². The molecule has 4 nitrogen and oxygen atoms in total. The van der Waals surface area contributed by atoms with Gasteiger partial charge in [0.2, 0.25) is 5.91 Å². The van der Waals surface area contributed by atoms with E-state index in [1.54, 1.807) is 6.07 Å². The molecule has 6 heteroatoms. The Morgan fingerprint density at radius 1 is 1.09 bits per heavy atom. The molecular formula is C17H18FNO3S. The van der Waals surface area contributed by atoms with E-state index < -0.39 is 27.3 Å². The highest BCUT2D eigenvalue weighted by Gasteiger charge is 2.20. The lowest BCUT2D eigenvalue weighted by Crippen LogP contribution is -2.18. The van der Waals surface area contributed by atoms with Gasteiger partial charge in [-0.2, -0.15) is 0 Å². The van der Waals surface area contributed by atoms with Crippen LogP contribution in [0.2, 0.25) is 0 Å². The van der Waals surface area contributed by atoms with Crippen molar-refractivity contribution in [2.45, 2.75) is 25.2 Å². The lowest BCUT2D eigenvalue weighted by atomic mass is 10.1. The second kappa shape index (κ2) is 6.91. The van der Waals surface area contributed by atoms with Gasteiger partial charge in [0.1, 0.15) is 10.7 Å². The first kappa shape index (κ1) is 17.1. The van der Waals surface area contributed by atoms with E-state index in [0.29, 0.717) is 5.69 Å². The summed E-state index contributed by atoms with van der Waals surface area (Å²) in [7, 11) is -3.83. The summed E-state index contributed by atoms with van der Waals surface area (Å²) in [5.41, 5.74) is 2.74. The van der Waals surface area contributed by atoms with Crippen LogP contribution >= 0.6 is 0 Å². The maximum atomic E-state index is 13.6. The number of halogens is 1. The van der Waals surface area contributed by atoms with Gasteiger partial charge in [0.15, 0.2) is 9.84 Å². The van der Waals surface area contributed by atoms with Crippen LogP contribution in [-0.2, 0) is 14.6 Å². The maximum absolute atomic E-state index is 13.6. The van der Waals surface area contributed by atoms with Crippen LogP contribution in [0.5, 0.6) is 0 Å². The van der Waals surface area contributed by atoms with Crippen LogP contribution in [0, 0.1) is 19.7 Å². The van der Waals surface area contributed by atoms with Gasteiger partial charge in [-0.05, 0) is 49.2 Å².